The lowest BCUT2D eigenvalue weighted by molar-refractivity contribution is 0.325. The van der Waals surface area contributed by atoms with E-state index in [-0.39, 0.29) is 17.4 Å². The van der Waals surface area contributed by atoms with Crippen molar-refractivity contribution in [1.29, 1.82) is 0 Å². The van der Waals surface area contributed by atoms with Crippen molar-refractivity contribution in [2.24, 2.45) is 0 Å². The zero-order chi connectivity index (χ0) is 19.0. The summed E-state index contributed by atoms with van der Waals surface area (Å²) in [5.41, 5.74) is 2.06. The quantitative estimate of drug-likeness (QED) is 0.659. The maximum atomic E-state index is 13.3. The van der Waals surface area contributed by atoms with E-state index < -0.39 is 0 Å². The minimum atomic E-state index is -0.308. The third-order valence-corrected chi connectivity index (χ3v) is 4.79. The third kappa shape index (κ3) is 3.49. The van der Waals surface area contributed by atoms with Crippen LogP contribution in [0.25, 0.3) is 10.9 Å². The van der Waals surface area contributed by atoms with Gasteiger partial charge in [0.25, 0.3) is 5.56 Å². The van der Waals surface area contributed by atoms with Crippen LogP contribution >= 0.6 is 0 Å². The van der Waals surface area contributed by atoms with Crippen LogP contribution in [0.15, 0.2) is 47.3 Å². The summed E-state index contributed by atoms with van der Waals surface area (Å²) in [6.07, 6.45) is 1.74. The van der Waals surface area contributed by atoms with E-state index in [4.69, 9.17) is 4.98 Å². The molecule has 0 saturated carbocycles. The molecule has 0 spiro atoms. The monoisotopic (exact) mass is 361 g/mol. The Morgan fingerprint density at radius 2 is 1.96 bits per heavy atom. The molecule has 2 aromatic carbocycles. The molecule has 0 amide bonds. The summed E-state index contributed by atoms with van der Waals surface area (Å²) in [7, 11) is 4.03. The molecule has 4 rings (SSSR count). The Morgan fingerprint density at radius 3 is 2.70 bits per heavy atom. The Morgan fingerprint density at radius 1 is 1.19 bits per heavy atom. The Kier molecular flexibility index (Phi) is 4.51. The molecule has 4 nitrogen and oxygen atoms in total. The van der Waals surface area contributed by atoms with E-state index in [0.717, 1.165) is 30.8 Å². The predicted octanol–water partition coefficient (Wildman–Crippen LogP) is 2.98. The number of hydrogen-bond acceptors (Lipinski definition) is 3. The highest BCUT2D eigenvalue weighted by atomic mass is 19.1. The van der Waals surface area contributed by atoms with Gasteiger partial charge in [0.2, 0.25) is 0 Å². The van der Waals surface area contributed by atoms with E-state index >= 15 is 0 Å². The number of nitrogens with zero attached hydrogens (tertiary/aromatic N) is 3. The van der Waals surface area contributed by atoms with E-state index in [0.29, 0.717) is 16.5 Å². The van der Waals surface area contributed by atoms with Crippen molar-refractivity contribution < 1.29 is 4.39 Å². The number of aryl methyl sites for hydroxylation is 1. The number of likely N-dealkylation sites (N-methyl/N-ethyl adjacent to an activating group) is 1. The maximum absolute atomic E-state index is 13.3. The lowest BCUT2D eigenvalue weighted by Gasteiger charge is -2.19. The largest absolute Gasteiger partial charge is 0.307 e. The first-order chi connectivity index (χ1) is 13.0. The molecule has 1 aliphatic heterocycles. The second kappa shape index (κ2) is 6.98. The van der Waals surface area contributed by atoms with Crippen LogP contribution in [0, 0.1) is 17.7 Å². The highest BCUT2D eigenvalue weighted by molar-refractivity contribution is 5.79. The van der Waals surface area contributed by atoms with Crippen molar-refractivity contribution in [2.75, 3.05) is 20.6 Å². The smallest absolute Gasteiger partial charge is 0.261 e. The van der Waals surface area contributed by atoms with Crippen LogP contribution in [0.3, 0.4) is 0 Å². The molecular formula is C22H20FN3O. The molecule has 0 N–H and O–H groups in total. The van der Waals surface area contributed by atoms with E-state index in [1.165, 1.54) is 12.1 Å². The summed E-state index contributed by atoms with van der Waals surface area (Å²) < 4.78 is 15.1. The maximum Gasteiger partial charge on any atom is 0.261 e. The SMILES string of the molecule is CN(C)CC1CCc2nc3cc(C#Cc4cccc(F)c4)ccc3c(=O)n21. The zero-order valence-corrected chi connectivity index (χ0v) is 15.4. The fourth-order valence-corrected chi connectivity index (χ4v) is 3.61. The molecule has 0 bridgehead atoms. The average molecular weight is 361 g/mol. The van der Waals surface area contributed by atoms with Gasteiger partial charge < -0.3 is 4.90 Å². The van der Waals surface area contributed by atoms with Crippen LogP contribution < -0.4 is 5.56 Å². The molecular weight excluding hydrogens is 341 g/mol. The van der Waals surface area contributed by atoms with Gasteiger partial charge in [-0.25, -0.2) is 9.37 Å². The molecule has 2 heterocycles. The van der Waals surface area contributed by atoms with Crippen molar-refractivity contribution in [3.8, 4) is 11.8 Å². The Bertz CT molecular complexity index is 1140. The summed E-state index contributed by atoms with van der Waals surface area (Å²) in [6.45, 7) is 0.831. The molecule has 136 valence electrons. The van der Waals surface area contributed by atoms with Gasteiger partial charge >= 0.3 is 0 Å². The number of rotatable bonds is 2. The Labute approximate surface area is 157 Å². The van der Waals surface area contributed by atoms with Crippen LogP contribution in [0.2, 0.25) is 0 Å². The minimum absolute atomic E-state index is 0.0176. The molecule has 1 aromatic heterocycles. The van der Waals surface area contributed by atoms with E-state index in [1.54, 1.807) is 18.2 Å². The molecule has 27 heavy (non-hydrogen) atoms. The normalized spacial score (nSPS) is 15.6. The molecule has 1 atom stereocenters. The van der Waals surface area contributed by atoms with Crippen LogP contribution in [0.1, 0.15) is 29.4 Å². The number of benzene rings is 2. The second-order valence-corrected chi connectivity index (χ2v) is 7.15. The van der Waals surface area contributed by atoms with E-state index in [2.05, 4.69) is 16.7 Å². The van der Waals surface area contributed by atoms with Crippen molar-refractivity contribution in [3.05, 3.63) is 75.6 Å². The van der Waals surface area contributed by atoms with Gasteiger partial charge in [-0.05, 0) is 56.9 Å². The lowest BCUT2D eigenvalue weighted by atomic mass is 10.1. The number of aromatic nitrogens is 2. The van der Waals surface area contributed by atoms with Gasteiger partial charge in [0.15, 0.2) is 0 Å². The molecule has 0 radical (unpaired) electrons. The van der Waals surface area contributed by atoms with Crippen molar-refractivity contribution in [1.82, 2.24) is 14.5 Å². The van der Waals surface area contributed by atoms with Gasteiger partial charge in [0, 0.05) is 24.1 Å². The lowest BCUT2D eigenvalue weighted by Crippen LogP contribution is -2.30. The zero-order valence-electron chi connectivity index (χ0n) is 15.4. The van der Waals surface area contributed by atoms with Gasteiger partial charge in [-0.2, -0.15) is 0 Å². The highest BCUT2D eigenvalue weighted by Crippen LogP contribution is 2.24. The van der Waals surface area contributed by atoms with E-state index in [9.17, 15) is 9.18 Å². The van der Waals surface area contributed by atoms with Crippen LogP contribution in [-0.4, -0.2) is 35.1 Å². The van der Waals surface area contributed by atoms with Gasteiger partial charge in [-0.1, -0.05) is 17.9 Å². The first kappa shape index (κ1) is 17.4. The number of hydrogen-bond donors (Lipinski definition) is 0. The van der Waals surface area contributed by atoms with Gasteiger partial charge in [-0.15, -0.1) is 0 Å². The van der Waals surface area contributed by atoms with Crippen LogP contribution in [0.4, 0.5) is 4.39 Å². The summed E-state index contributed by atoms with van der Waals surface area (Å²) in [4.78, 5) is 19.8. The van der Waals surface area contributed by atoms with Crippen LogP contribution in [0.5, 0.6) is 0 Å². The molecule has 0 saturated heterocycles. The summed E-state index contributed by atoms with van der Waals surface area (Å²) in [5.74, 6) is 6.52. The van der Waals surface area contributed by atoms with Crippen molar-refractivity contribution in [3.63, 3.8) is 0 Å². The fraction of sp³-hybridized carbons (Fsp3) is 0.273. The average Bonchev–Trinajstić information content (AvgIpc) is 3.02. The van der Waals surface area contributed by atoms with Gasteiger partial charge in [-0.3, -0.25) is 9.36 Å². The molecule has 5 heteroatoms. The van der Waals surface area contributed by atoms with Gasteiger partial charge in [0.1, 0.15) is 11.6 Å². The predicted molar refractivity (Wildman–Crippen MR) is 104 cm³/mol. The summed E-state index contributed by atoms with van der Waals surface area (Å²) in [6, 6.07) is 11.8. The molecule has 0 fully saturated rings. The molecule has 0 aliphatic carbocycles. The molecule has 1 unspecified atom stereocenters. The topological polar surface area (TPSA) is 38.1 Å². The second-order valence-electron chi connectivity index (χ2n) is 7.15. The first-order valence-electron chi connectivity index (χ1n) is 8.99. The Balaban J connectivity index is 1.73. The third-order valence-electron chi connectivity index (χ3n) is 4.79. The van der Waals surface area contributed by atoms with Crippen molar-refractivity contribution in [2.45, 2.75) is 18.9 Å². The van der Waals surface area contributed by atoms with Crippen molar-refractivity contribution >= 4 is 10.9 Å². The van der Waals surface area contributed by atoms with Gasteiger partial charge in [0.05, 0.1) is 16.9 Å². The number of fused-ring (bicyclic) bond motifs is 2. The van der Waals surface area contributed by atoms with Crippen LogP contribution in [-0.2, 0) is 6.42 Å². The standard InChI is InChI=1S/C22H20FN3O/c1-25(2)14-18-9-11-21-24-20-13-16(8-10-19(20)22(27)26(18)21)7-6-15-4-3-5-17(23)12-15/h3-5,8,10,12-13,18H,9,11,14H2,1-2H3. The minimum Gasteiger partial charge on any atom is -0.307 e. The first-order valence-corrected chi connectivity index (χ1v) is 8.99. The van der Waals surface area contributed by atoms with E-state index in [1.807, 2.05) is 30.8 Å². The molecule has 3 aromatic rings. The highest BCUT2D eigenvalue weighted by Gasteiger charge is 2.26. The molecule has 1 aliphatic rings. The summed E-state index contributed by atoms with van der Waals surface area (Å²) >= 11 is 0. The fourth-order valence-electron chi connectivity index (χ4n) is 3.61. The summed E-state index contributed by atoms with van der Waals surface area (Å²) in [5, 5.41) is 0.612. The number of halogens is 1. The Hall–Kier alpha value is -2.97.